The molecule has 0 saturated carbocycles. The molecular weight excluding hydrogens is 320 g/mol. The lowest BCUT2D eigenvalue weighted by atomic mass is 10.4. The number of esters is 1. The van der Waals surface area contributed by atoms with Gasteiger partial charge in [0.15, 0.2) is 5.13 Å². The molecule has 1 aromatic rings. The van der Waals surface area contributed by atoms with Gasteiger partial charge in [0.2, 0.25) is 10.0 Å². The number of rotatable bonds is 8. The zero-order valence-electron chi connectivity index (χ0n) is 11.1. The zero-order valence-corrected chi connectivity index (χ0v) is 12.7. The second-order valence-corrected chi connectivity index (χ2v) is 6.62. The summed E-state index contributed by atoms with van der Waals surface area (Å²) in [5, 5.41) is 8.58. The topological polar surface area (TPSA) is 123 Å². The molecule has 1 rings (SSSR count). The molecule has 10 heteroatoms. The van der Waals surface area contributed by atoms with Crippen molar-refractivity contribution < 1.29 is 27.9 Å². The van der Waals surface area contributed by atoms with Gasteiger partial charge < -0.3 is 9.84 Å². The maximum atomic E-state index is 11.7. The van der Waals surface area contributed by atoms with Crippen LogP contribution in [0.25, 0.3) is 6.08 Å². The van der Waals surface area contributed by atoms with Crippen LogP contribution >= 0.6 is 11.3 Å². The summed E-state index contributed by atoms with van der Waals surface area (Å²) in [4.78, 5) is 25.8. The fourth-order valence-electron chi connectivity index (χ4n) is 1.20. The first-order valence-corrected chi connectivity index (χ1v) is 8.32. The number of carboxylic acid groups (broad SMARTS) is 1. The molecule has 0 amide bonds. The van der Waals surface area contributed by atoms with Gasteiger partial charge >= 0.3 is 11.9 Å². The Bertz CT molecular complexity index is 635. The van der Waals surface area contributed by atoms with Crippen LogP contribution in [-0.2, 0) is 24.3 Å². The van der Waals surface area contributed by atoms with E-state index in [1.807, 2.05) is 0 Å². The molecule has 0 fully saturated rings. The quantitative estimate of drug-likeness (QED) is 0.535. The van der Waals surface area contributed by atoms with E-state index in [0.717, 1.165) is 17.4 Å². The first kappa shape index (κ1) is 17.1. The number of sulfonamides is 1. The molecule has 0 saturated heterocycles. The van der Waals surface area contributed by atoms with Crippen LogP contribution in [0.15, 0.2) is 12.3 Å². The third-order valence-electron chi connectivity index (χ3n) is 2.04. The van der Waals surface area contributed by atoms with E-state index >= 15 is 0 Å². The highest BCUT2D eigenvalue weighted by molar-refractivity contribution is 7.92. The number of aliphatic carboxylic acids is 1. The predicted molar refractivity (Wildman–Crippen MR) is 77.4 cm³/mol. The Morgan fingerprint density at radius 1 is 1.52 bits per heavy atom. The molecule has 0 aliphatic carbocycles. The van der Waals surface area contributed by atoms with Crippen LogP contribution in [0.3, 0.4) is 0 Å². The van der Waals surface area contributed by atoms with Crippen LogP contribution in [0.5, 0.6) is 0 Å². The summed E-state index contributed by atoms with van der Waals surface area (Å²) in [6, 6.07) is 0. The zero-order chi connectivity index (χ0) is 15.9. The number of aromatic nitrogens is 1. The molecule has 0 radical (unpaired) electrons. The Hall–Kier alpha value is -1.94. The Balaban J connectivity index is 2.59. The fraction of sp³-hybridized carbons (Fsp3) is 0.364. The summed E-state index contributed by atoms with van der Waals surface area (Å²) in [6.45, 7) is 1.82. The minimum absolute atomic E-state index is 0.101. The van der Waals surface area contributed by atoms with Crippen molar-refractivity contribution in [2.45, 2.75) is 13.3 Å². The van der Waals surface area contributed by atoms with Gasteiger partial charge in [0.1, 0.15) is 0 Å². The third kappa shape index (κ3) is 6.86. The van der Waals surface area contributed by atoms with Crippen molar-refractivity contribution in [1.82, 2.24) is 4.98 Å². The number of hydrogen-bond acceptors (Lipinski definition) is 7. The van der Waals surface area contributed by atoms with Crippen molar-refractivity contribution in [3.8, 4) is 0 Å². The van der Waals surface area contributed by atoms with Crippen molar-refractivity contribution in [3.63, 3.8) is 0 Å². The van der Waals surface area contributed by atoms with E-state index in [0.29, 0.717) is 4.88 Å². The van der Waals surface area contributed by atoms with E-state index in [4.69, 9.17) is 5.11 Å². The number of carbonyl (C=O) groups excluding carboxylic acids is 1. The SMILES string of the molecule is CCOC(=O)CCS(=O)(=O)Nc1ncc(C=CC(=O)O)s1. The molecule has 2 N–H and O–H groups in total. The number of nitrogens with one attached hydrogen (secondary N) is 1. The first-order valence-electron chi connectivity index (χ1n) is 5.85. The molecule has 0 bridgehead atoms. The van der Waals surface area contributed by atoms with Crippen LogP contribution in [0.2, 0.25) is 0 Å². The lowest BCUT2D eigenvalue weighted by Crippen LogP contribution is -2.19. The summed E-state index contributed by atoms with van der Waals surface area (Å²) in [5.74, 6) is -2.11. The van der Waals surface area contributed by atoms with E-state index in [9.17, 15) is 18.0 Å². The monoisotopic (exact) mass is 334 g/mol. The maximum Gasteiger partial charge on any atom is 0.328 e. The van der Waals surface area contributed by atoms with Gasteiger partial charge in [0.25, 0.3) is 0 Å². The average molecular weight is 334 g/mol. The van der Waals surface area contributed by atoms with Crippen molar-refractivity contribution in [3.05, 3.63) is 17.2 Å². The molecule has 116 valence electrons. The average Bonchev–Trinajstić information content (AvgIpc) is 2.81. The summed E-state index contributed by atoms with van der Waals surface area (Å²) in [6.07, 6.45) is 3.32. The number of ether oxygens (including phenoxy) is 1. The van der Waals surface area contributed by atoms with E-state index in [1.165, 1.54) is 12.3 Å². The van der Waals surface area contributed by atoms with Crippen LogP contribution < -0.4 is 4.72 Å². The van der Waals surface area contributed by atoms with Gasteiger partial charge in [0, 0.05) is 17.2 Å². The smallest absolute Gasteiger partial charge is 0.328 e. The van der Waals surface area contributed by atoms with E-state index in [1.54, 1.807) is 6.92 Å². The summed E-state index contributed by atoms with van der Waals surface area (Å²) in [7, 11) is -3.71. The molecule has 8 nitrogen and oxygen atoms in total. The van der Waals surface area contributed by atoms with Crippen molar-refractivity contribution in [2.24, 2.45) is 0 Å². The second kappa shape index (κ2) is 7.74. The molecule has 0 unspecified atom stereocenters. The van der Waals surface area contributed by atoms with Gasteiger partial charge in [-0.05, 0) is 13.0 Å². The van der Waals surface area contributed by atoms with Gasteiger partial charge in [0.05, 0.1) is 18.8 Å². The Morgan fingerprint density at radius 2 is 2.24 bits per heavy atom. The third-order valence-corrected chi connectivity index (χ3v) is 4.29. The van der Waals surface area contributed by atoms with E-state index in [2.05, 4.69) is 14.4 Å². The summed E-state index contributed by atoms with van der Waals surface area (Å²) >= 11 is 0.979. The summed E-state index contributed by atoms with van der Waals surface area (Å²) in [5.41, 5.74) is 0. The van der Waals surface area contributed by atoms with Crippen molar-refractivity contribution in [2.75, 3.05) is 17.1 Å². The Morgan fingerprint density at radius 3 is 2.86 bits per heavy atom. The van der Waals surface area contributed by atoms with Crippen LogP contribution in [0, 0.1) is 0 Å². The minimum Gasteiger partial charge on any atom is -0.478 e. The van der Waals surface area contributed by atoms with Gasteiger partial charge in [-0.1, -0.05) is 11.3 Å². The van der Waals surface area contributed by atoms with E-state index in [-0.39, 0.29) is 18.2 Å². The highest BCUT2D eigenvalue weighted by atomic mass is 32.2. The molecular formula is C11H14N2O6S2. The van der Waals surface area contributed by atoms with Gasteiger partial charge in [-0.15, -0.1) is 0 Å². The number of carbonyl (C=O) groups is 2. The predicted octanol–water partition coefficient (Wildman–Crippen LogP) is 0.936. The van der Waals surface area contributed by atoms with Crippen molar-refractivity contribution >= 4 is 44.5 Å². The molecule has 0 atom stereocenters. The molecule has 0 aromatic carbocycles. The number of carboxylic acids is 1. The molecule has 0 aliphatic rings. The molecule has 1 aromatic heterocycles. The lowest BCUT2D eigenvalue weighted by Gasteiger charge is -2.04. The first-order chi connectivity index (χ1) is 9.82. The van der Waals surface area contributed by atoms with Gasteiger partial charge in [-0.3, -0.25) is 9.52 Å². The standard InChI is InChI=1S/C11H14N2O6S2/c1-2-19-10(16)5-6-21(17,18)13-11-12-7-8(20-11)3-4-9(14)15/h3-4,7H,2,5-6H2,1H3,(H,12,13)(H,14,15). The lowest BCUT2D eigenvalue weighted by molar-refractivity contribution is -0.142. The van der Waals surface area contributed by atoms with Crippen LogP contribution in [0.4, 0.5) is 5.13 Å². The normalized spacial score (nSPS) is 11.5. The fourth-order valence-corrected chi connectivity index (χ4v) is 3.17. The van der Waals surface area contributed by atoms with Crippen molar-refractivity contribution in [1.29, 1.82) is 0 Å². The molecule has 0 spiro atoms. The molecule has 1 heterocycles. The second-order valence-electron chi connectivity index (χ2n) is 3.72. The van der Waals surface area contributed by atoms with Crippen LogP contribution in [0.1, 0.15) is 18.2 Å². The highest BCUT2D eigenvalue weighted by Gasteiger charge is 2.15. The summed E-state index contributed by atoms with van der Waals surface area (Å²) < 4.78 is 30.3. The number of anilines is 1. The van der Waals surface area contributed by atoms with Gasteiger partial charge in [-0.2, -0.15) is 0 Å². The number of thiazole rings is 1. The Labute approximate surface area is 125 Å². The highest BCUT2D eigenvalue weighted by Crippen LogP contribution is 2.20. The minimum atomic E-state index is -3.71. The molecule has 21 heavy (non-hydrogen) atoms. The number of nitrogens with zero attached hydrogens (tertiary/aromatic N) is 1. The molecule has 0 aliphatic heterocycles. The number of hydrogen-bond donors (Lipinski definition) is 2. The van der Waals surface area contributed by atoms with Gasteiger partial charge in [-0.25, -0.2) is 18.2 Å². The Kier molecular flexibility index (Phi) is 6.31. The maximum absolute atomic E-state index is 11.7. The largest absolute Gasteiger partial charge is 0.478 e. The van der Waals surface area contributed by atoms with Crippen LogP contribution in [-0.4, -0.2) is 42.8 Å². The van der Waals surface area contributed by atoms with E-state index < -0.39 is 27.7 Å².